The summed E-state index contributed by atoms with van der Waals surface area (Å²) in [5.74, 6) is -0.528. The molecule has 0 aliphatic heterocycles. The maximum atomic E-state index is 10.9. The van der Waals surface area contributed by atoms with Gasteiger partial charge in [0.15, 0.2) is 12.2 Å². The minimum Gasteiger partial charge on any atom is -0.454 e. The van der Waals surface area contributed by atoms with Crippen LogP contribution in [0.3, 0.4) is 0 Å². The van der Waals surface area contributed by atoms with Gasteiger partial charge in [-0.1, -0.05) is 29.8 Å². The lowest BCUT2D eigenvalue weighted by atomic mass is 10.0. The van der Waals surface area contributed by atoms with Crippen molar-refractivity contribution in [3.05, 3.63) is 35.4 Å². The quantitative estimate of drug-likeness (QED) is 0.617. The van der Waals surface area contributed by atoms with Crippen molar-refractivity contribution >= 4 is 5.97 Å². The number of hydrogen-bond donors (Lipinski definition) is 1. The summed E-state index contributed by atoms with van der Waals surface area (Å²) in [4.78, 5) is 10.9. The molecule has 1 aromatic rings. The van der Waals surface area contributed by atoms with Gasteiger partial charge in [0.2, 0.25) is 0 Å². The fourth-order valence-electron chi connectivity index (χ4n) is 1.32. The monoisotopic (exact) mass is 219 g/mol. The molecule has 84 valence electrons. The fraction of sp³-hybridized carbons (Fsp3) is 0.333. The number of aryl methyl sites for hydroxylation is 1. The van der Waals surface area contributed by atoms with Crippen LogP contribution in [0.1, 0.15) is 24.2 Å². The Hall–Kier alpha value is -1.86. The van der Waals surface area contributed by atoms with Crippen LogP contribution < -0.4 is 0 Å². The molecule has 0 aromatic heterocycles. The van der Waals surface area contributed by atoms with Gasteiger partial charge in [-0.15, -0.1) is 0 Å². The Labute approximate surface area is 94.1 Å². The van der Waals surface area contributed by atoms with Crippen LogP contribution in [0, 0.1) is 18.3 Å². The molecule has 0 saturated carbocycles. The van der Waals surface area contributed by atoms with Crippen LogP contribution in [0.4, 0.5) is 0 Å². The molecule has 4 heteroatoms. The number of aliphatic hydroxyl groups excluding tert-OH is 1. The highest BCUT2D eigenvalue weighted by molar-refractivity contribution is 5.66. The van der Waals surface area contributed by atoms with Crippen molar-refractivity contribution in [1.29, 1.82) is 5.26 Å². The van der Waals surface area contributed by atoms with Crippen LogP contribution in [-0.2, 0) is 9.53 Å². The number of nitriles is 1. The van der Waals surface area contributed by atoms with Gasteiger partial charge >= 0.3 is 5.97 Å². The molecule has 0 radical (unpaired) electrons. The first-order valence-electron chi connectivity index (χ1n) is 4.86. The highest BCUT2D eigenvalue weighted by atomic mass is 16.6. The van der Waals surface area contributed by atoms with E-state index in [1.54, 1.807) is 18.2 Å². The summed E-state index contributed by atoms with van der Waals surface area (Å²) in [6.45, 7) is 3.16. The van der Waals surface area contributed by atoms with Gasteiger partial charge in [0.1, 0.15) is 0 Å². The Kier molecular flexibility index (Phi) is 4.03. The highest BCUT2D eigenvalue weighted by Gasteiger charge is 2.23. The van der Waals surface area contributed by atoms with E-state index in [4.69, 9.17) is 10.00 Å². The molecule has 2 atom stereocenters. The molecule has 0 bridgehead atoms. The van der Waals surface area contributed by atoms with E-state index in [1.807, 2.05) is 19.1 Å². The number of carbonyl (C=O) groups is 1. The van der Waals surface area contributed by atoms with Crippen molar-refractivity contribution in [1.82, 2.24) is 0 Å². The van der Waals surface area contributed by atoms with E-state index >= 15 is 0 Å². The molecule has 0 saturated heterocycles. The third-order valence-electron chi connectivity index (χ3n) is 2.12. The summed E-state index contributed by atoms with van der Waals surface area (Å²) < 4.78 is 4.92. The standard InChI is InChI=1S/C12H13NO3/c1-8-3-5-10(6-4-8)12(11(15)7-13)16-9(2)14/h3-6,11-12,15H,1-2H3/t11-,12+/m1/s1. The zero-order valence-corrected chi connectivity index (χ0v) is 9.18. The Balaban J connectivity index is 2.97. The summed E-state index contributed by atoms with van der Waals surface area (Å²) in [7, 11) is 0. The van der Waals surface area contributed by atoms with Crippen LogP contribution in [0.5, 0.6) is 0 Å². The summed E-state index contributed by atoms with van der Waals surface area (Å²) >= 11 is 0. The number of ether oxygens (including phenoxy) is 1. The minimum absolute atomic E-state index is 0.528. The first kappa shape index (κ1) is 12.2. The largest absolute Gasteiger partial charge is 0.454 e. The number of rotatable bonds is 3. The summed E-state index contributed by atoms with van der Waals surface area (Å²) in [6, 6.07) is 8.77. The molecule has 1 aromatic carbocycles. The number of aliphatic hydroxyl groups is 1. The van der Waals surface area contributed by atoms with Crippen molar-refractivity contribution in [2.24, 2.45) is 0 Å². The van der Waals surface area contributed by atoms with E-state index in [0.717, 1.165) is 5.56 Å². The first-order chi connectivity index (χ1) is 7.54. The molecule has 16 heavy (non-hydrogen) atoms. The van der Waals surface area contributed by atoms with Crippen molar-refractivity contribution < 1.29 is 14.6 Å². The van der Waals surface area contributed by atoms with E-state index < -0.39 is 18.2 Å². The van der Waals surface area contributed by atoms with Crippen LogP contribution in [-0.4, -0.2) is 17.2 Å². The van der Waals surface area contributed by atoms with Gasteiger partial charge < -0.3 is 9.84 Å². The topological polar surface area (TPSA) is 70.3 Å². The molecule has 0 heterocycles. The first-order valence-corrected chi connectivity index (χ1v) is 4.86. The van der Waals surface area contributed by atoms with E-state index in [9.17, 15) is 9.90 Å². The fourth-order valence-corrected chi connectivity index (χ4v) is 1.32. The van der Waals surface area contributed by atoms with Gasteiger partial charge in [-0.3, -0.25) is 4.79 Å². The lowest BCUT2D eigenvalue weighted by Crippen LogP contribution is -2.21. The normalized spacial score (nSPS) is 13.6. The second-order valence-corrected chi connectivity index (χ2v) is 3.51. The molecule has 1 N–H and O–H groups in total. The molecule has 0 aliphatic rings. The van der Waals surface area contributed by atoms with Gasteiger partial charge in [-0.2, -0.15) is 5.26 Å². The zero-order valence-electron chi connectivity index (χ0n) is 9.18. The summed E-state index contributed by atoms with van der Waals surface area (Å²) in [5.41, 5.74) is 1.66. The Morgan fingerprint density at radius 3 is 2.44 bits per heavy atom. The van der Waals surface area contributed by atoms with Gasteiger partial charge in [-0.25, -0.2) is 0 Å². The second kappa shape index (κ2) is 5.29. The van der Waals surface area contributed by atoms with Gasteiger partial charge in [-0.05, 0) is 12.5 Å². The van der Waals surface area contributed by atoms with Crippen LogP contribution >= 0.6 is 0 Å². The lowest BCUT2D eigenvalue weighted by molar-refractivity contribution is -0.150. The maximum absolute atomic E-state index is 10.9. The Morgan fingerprint density at radius 1 is 1.44 bits per heavy atom. The van der Waals surface area contributed by atoms with Gasteiger partial charge in [0, 0.05) is 6.92 Å². The SMILES string of the molecule is CC(=O)O[C@@H](c1ccc(C)cc1)[C@H](O)C#N. The number of nitrogens with zero attached hydrogens (tertiary/aromatic N) is 1. The predicted octanol–water partition coefficient (Wildman–Crippen LogP) is 1.48. The smallest absolute Gasteiger partial charge is 0.303 e. The van der Waals surface area contributed by atoms with Crippen molar-refractivity contribution in [3.8, 4) is 6.07 Å². The zero-order chi connectivity index (χ0) is 12.1. The van der Waals surface area contributed by atoms with Crippen LogP contribution in [0.2, 0.25) is 0 Å². The van der Waals surface area contributed by atoms with Gasteiger partial charge in [0.25, 0.3) is 0 Å². The Bertz CT molecular complexity index is 405. The average Bonchev–Trinajstić information content (AvgIpc) is 2.26. The van der Waals surface area contributed by atoms with Crippen molar-refractivity contribution in [2.75, 3.05) is 0 Å². The molecule has 0 fully saturated rings. The lowest BCUT2D eigenvalue weighted by Gasteiger charge is -2.18. The third kappa shape index (κ3) is 3.07. The van der Waals surface area contributed by atoms with E-state index in [1.165, 1.54) is 6.92 Å². The van der Waals surface area contributed by atoms with E-state index in [0.29, 0.717) is 5.56 Å². The Morgan fingerprint density at radius 2 is 2.00 bits per heavy atom. The maximum Gasteiger partial charge on any atom is 0.303 e. The second-order valence-electron chi connectivity index (χ2n) is 3.51. The van der Waals surface area contributed by atoms with E-state index in [-0.39, 0.29) is 0 Å². The molecule has 0 unspecified atom stereocenters. The van der Waals surface area contributed by atoms with Crippen molar-refractivity contribution in [2.45, 2.75) is 26.1 Å². The highest BCUT2D eigenvalue weighted by Crippen LogP contribution is 2.21. The molecule has 0 spiro atoms. The number of benzene rings is 1. The third-order valence-corrected chi connectivity index (χ3v) is 2.12. The summed E-state index contributed by atoms with van der Waals surface area (Å²) in [5, 5.41) is 18.1. The molecular weight excluding hydrogens is 206 g/mol. The predicted molar refractivity (Wildman–Crippen MR) is 57.3 cm³/mol. The average molecular weight is 219 g/mol. The molecule has 1 rings (SSSR count). The summed E-state index contributed by atoms with van der Waals surface area (Å²) in [6.07, 6.45) is -2.28. The van der Waals surface area contributed by atoms with E-state index in [2.05, 4.69) is 0 Å². The number of esters is 1. The minimum atomic E-state index is -1.35. The molecule has 0 amide bonds. The number of carbonyl (C=O) groups excluding carboxylic acids is 1. The molecule has 0 aliphatic carbocycles. The molecular formula is C12H13NO3. The van der Waals surface area contributed by atoms with Crippen molar-refractivity contribution in [3.63, 3.8) is 0 Å². The van der Waals surface area contributed by atoms with Crippen LogP contribution in [0.15, 0.2) is 24.3 Å². The number of hydrogen-bond acceptors (Lipinski definition) is 4. The van der Waals surface area contributed by atoms with Crippen LogP contribution in [0.25, 0.3) is 0 Å². The molecule has 4 nitrogen and oxygen atoms in total. The van der Waals surface area contributed by atoms with Gasteiger partial charge in [0.05, 0.1) is 6.07 Å².